The number of hydrogen-bond acceptors (Lipinski definition) is 2. The fraction of sp³-hybridized carbons (Fsp3) is 0.462. The Kier molecular flexibility index (Phi) is 3.37. The van der Waals surface area contributed by atoms with Crippen LogP contribution in [0, 0.1) is 17.2 Å². The zero-order chi connectivity index (χ0) is 10.5. The molecule has 15 heavy (non-hydrogen) atoms. The molecule has 0 bridgehead atoms. The van der Waals surface area contributed by atoms with Gasteiger partial charge in [-0.25, -0.2) is 0 Å². The van der Waals surface area contributed by atoms with Gasteiger partial charge in [-0.3, -0.25) is 0 Å². The predicted molar refractivity (Wildman–Crippen MR) is 60.5 cm³/mol. The van der Waals surface area contributed by atoms with Crippen molar-refractivity contribution in [2.45, 2.75) is 19.3 Å². The number of rotatable bonds is 2. The predicted octanol–water partition coefficient (Wildman–Crippen LogP) is 2.10. The second-order valence-corrected chi connectivity index (χ2v) is 4.23. The van der Waals surface area contributed by atoms with Gasteiger partial charge in [0.15, 0.2) is 0 Å². The number of nitriles is 1. The molecule has 1 fully saturated rings. The molecule has 1 aromatic rings. The van der Waals surface area contributed by atoms with E-state index in [1.54, 1.807) is 0 Å². The van der Waals surface area contributed by atoms with Gasteiger partial charge in [-0.1, -0.05) is 12.1 Å². The van der Waals surface area contributed by atoms with E-state index in [-0.39, 0.29) is 0 Å². The second kappa shape index (κ2) is 4.95. The molecular weight excluding hydrogens is 184 g/mol. The van der Waals surface area contributed by atoms with Gasteiger partial charge in [0.05, 0.1) is 11.6 Å². The minimum absolute atomic E-state index is 0.750. The minimum Gasteiger partial charge on any atom is -0.316 e. The summed E-state index contributed by atoms with van der Waals surface area (Å²) in [5, 5.41) is 12.1. The molecule has 1 heterocycles. The molecule has 0 spiro atoms. The Balaban J connectivity index is 1.95. The molecule has 2 heteroatoms. The Morgan fingerprint density at radius 3 is 2.73 bits per heavy atom. The summed E-state index contributed by atoms with van der Waals surface area (Å²) < 4.78 is 0. The third-order valence-corrected chi connectivity index (χ3v) is 3.01. The van der Waals surface area contributed by atoms with Crippen LogP contribution in [0.5, 0.6) is 0 Å². The summed E-state index contributed by atoms with van der Waals surface area (Å²) in [6, 6.07) is 10.1. The molecule has 0 unspecified atom stereocenters. The number of hydrogen-bond donors (Lipinski definition) is 1. The SMILES string of the molecule is N#Cc1ccc(C[C@H]2CCCNC2)cc1. The summed E-state index contributed by atoms with van der Waals surface area (Å²) in [5.74, 6) is 0.770. The first-order valence-electron chi connectivity index (χ1n) is 5.58. The molecule has 78 valence electrons. The maximum Gasteiger partial charge on any atom is 0.0991 e. The van der Waals surface area contributed by atoms with Crippen molar-refractivity contribution in [3.05, 3.63) is 35.4 Å². The lowest BCUT2D eigenvalue weighted by Gasteiger charge is -2.22. The summed E-state index contributed by atoms with van der Waals surface area (Å²) in [4.78, 5) is 0. The fourth-order valence-electron chi connectivity index (χ4n) is 2.15. The molecule has 0 amide bonds. The van der Waals surface area contributed by atoms with Gasteiger partial charge in [0.1, 0.15) is 0 Å². The van der Waals surface area contributed by atoms with E-state index < -0.39 is 0 Å². The third-order valence-electron chi connectivity index (χ3n) is 3.01. The molecule has 0 aromatic heterocycles. The molecule has 0 radical (unpaired) electrons. The number of nitrogens with one attached hydrogen (secondary N) is 1. The van der Waals surface area contributed by atoms with Gasteiger partial charge in [0.25, 0.3) is 0 Å². The van der Waals surface area contributed by atoms with Crippen LogP contribution in [0.3, 0.4) is 0 Å². The van der Waals surface area contributed by atoms with Crippen LogP contribution in [0.25, 0.3) is 0 Å². The van der Waals surface area contributed by atoms with Crippen molar-refractivity contribution >= 4 is 0 Å². The van der Waals surface area contributed by atoms with Gasteiger partial charge in [-0.15, -0.1) is 0 Å². The van der Waals surface area contributed by atoms with Crippen LogP contribution in [0.4, 0.5) is 0 Å². The largest absolute Gasteiger partial charge is 0.316 e. The van der Waals surface area contributed by atoms with Crippen LogP contribution >= 0.6 is 0 Å². The first-order chi connectivity index (χ1) is 7.38. The molecule has 1 aromatic carbocycles. The first kappa shape index (κ1) is 10.2. The molecule has 2 rings (SSSR count). The second-order valence-electron chi connectivity index (χ2n) is 4.23. The summed E-state index contributed by atoms with van der Waals surface area (Å²) in [7, 11) is 0. The normalized spacial score (nSPS) is 20.9. The van der Waals surface area contributed by atoms with Gasteiger partial charge in [0, 0.05) is 0 Å². The summed E-state index contributed by atoms with van der Waals surface area (Å²) >= 11 is 0. The average molecular weight is 200 g/mol. The molecule has 1 N–H and O–H groups in total. The number of nitrogens with zero attached hydrogens (tertiary/aromatic N) is 1. The third kappa shape index (κ3) is 2.81. The smallest absolute Gasteiger partial charge is 0.0991 e. The maximum absolute atomic E-state index is 8.69. The molecule has 2 nitrogen and oxygen atoms in total. The van der Waals surface area contributed by atoms with Gasteiger partial charge in [-0.2, -0.15) is 5.26 Å². The zero-order valence-corrected chi connectivity index (χ0v) is 8.87. The molecule has 1 atom stereocenters. The fourth-order valence-corrected chi connectivity index (χ4v) is 2.15. The molecular formula is C13H16N2. The topological polar surface area (TPSA) is 35.8 Å². The summed E-state index contributed by atoms with van der Waals surface area (Å²) in [5.41, 5.74) is 2.10. The van der Waals surface area contributed by atoms with Gasteiger partial charge in [-0.05, 0) is 56.0 Å². The number of benzene rings is 1. The van der Waals surface area contributed by atoms with Crippen molar-refractivity contribution in [2.75, 3.05) is 13.1 Å². The zero-order valence-electron chi connectivity index (χ0n) is 8.87. The van der Waals surface area contributed by atoms with E-state index in [4.69, 9.17) is 5.26 Å². The van der Waals surface area contributed by atoms with Gasteiger partial charge < -0.3 is 5.32 Å². The monoisotopic (exact) mass is 200 g/mol. The van der Waals surface area contributed by atoms with Gasteiger partial charge >= 0.3 is 0 Å². The summed E-state index contributed by atoms with van der Waals surface area (Å²) in [6.45, 7) is 2.31. The maximum atomic E-state index is 8.69. The van der Waals surface area contributed by atoms with E-state index in [1.807, 2.05) is 12.1 Å². The standard InChI is InChI=1S/C13H16N2/c14-9-12-5-3-11(4-6-12)8-13-2-1-7-15-10-13/h3-6,13,15H,1-2,7-8,10H2/t13-/m1/s1. The van der Waals surface area contributed by atoms with Crippen molar-refractivity contribution in [3.63, 3.8) is 0 Å². The molecule has 0 saturated carbocycles. The van der Waals surface area contributed by atoms with E-state index in [9.17, 15) is 0 Å². The van der Waals surface area contributed by atoms with Crippen molar-refractivity contribution in [1.29, 1.82) is 5.26 Å². The Bertz CT molecular complexity index is 342. The Morgan fingerprint density at radius 2 is 2.13 bits per heavy atom. The molecule has 1 aliphatic rings. The van der Waals surface area contributed by atoms with Gasteiger partial charge in [0.2, 0.25) is 0 Å². The van der Waals surface area contributed by atoms with Crippen LogP contribution in [0.2, 0.25) is 0 Å². The highest BCUT2D eigenvalue weighted by Gasteiger charge is 2.12. The van der Waals surface area contributed by atoms with Crippen molar-refractivity contribution in [1.82, 2.24) is 5.32 Å². The highest BCUT2D eigenvalue weighted by atomic mass is 14.9. The Labute approximate surface area is 90.9 Å². The summed E-state index contributed by atoms with van der Waals surface area (Å²) in [6.07, 6.45) is 3.76. The molecule has 0 aliphatic carbocycles. The average Bonchev–Trinajstić information content (AvgIpc) is 2.31. The van der Waals surface area contributed by atoms with Crippen molar-refractivity contribution in [3.8, 4) is 6.07 Å². The molecule has 1 saturated heterocycles. The quantitative estimate of drug-likeness (QED) is 0.793. The van der Waals surface area contributed by atoms with Crippen molar-refractivity contribution in [2.24, 2.45) is 5.92 Å². The molecule has 1 aliphatic heterocycles. The van der Waals surface area contributed by atoms with Crippen LogP contribution in [0.15, 0.2) is 24.3 Å². The van der Waals surface area contributed by atoms with E-state index in [0.29, 0.717) is 0 Å². The van der Waals surface area contributed by atoms with E-state index in [1.165, 1.54) is 24.9 Å². The van der Waals surface area contributed by atoms with E-state index >= 15 is 0 Å². The lowest BCUT2D eigenvalue weighted by molar-refractivity contribution is 0.376. The number of piperidine rings is 1. The Hall–Kier alpha value is -1.33. The van der Waals surface area contributed by atoms with Crippen molar-refractivity contribution < 1.29 is 0 Å². The van der Waals surface area contributed by atoms with Crippen LogP contribution in [0.1, 0.15) is 24.0 Å². The van der Waals surface area contributed by atoms with Crippen LogP contribution in [-0.2, 0) is 6.42 Å². The van der Waals surface area contributed by atoms with E-state index in [2.05, 4.69) is 23.5 Å². The highest BCUT2D eigenvalue weighted by Crippen LogP contribution is 2.16. The van der Waals surface area contributed by atoms with Crippen LogP contribution in [-0.4, -0.2) is 13.1 Å². The minimum atomic E-state index is 0.750. The lowest BCUT2D eigenvalue weighted by Crippen LogP contribution is -2.30. The van der Waals surface area contributed by atoms with E-state index in [0.717, 1.165) is 24.4 Å². The first-order valence-corrected chi connectivity index (χ1v) is 5.58. The lowest BCUT2D eigenvalue weighted by atomic mass is 9.92. The highest BCUT2D eigenvalue weighted by molar-refractivity contribution is 5.31. The Morgan fingerprint density at radius 1 is 1.33 bits per heavy atom. The van der Waals surface area contributed by atoms with Crippen LogP contribution < -0.4 is 5.32 Å².